The van der Waals surface area contributed by atoms with Crippen molar-refractivity contribution >= 4 is 29.4 Å². The first kappa shape index (κ1) is 13.8. The summed E-state index contributed by atoms with van der Waals surface area (Å²) in [6.07, 6.45) is 5.64. The third-order valence-corrected chi connectivity index (χ3v) is 5.40. The van der Waals surface area contributed by atoms with Gasteiger partial charge >= 0.3 is 0 Å². The predicted octanol–water partition coefficient (Wildman–Crippen LogP) is 3.05. The van der Waals surface area contributed by atoms with Crippen LogP contribution in [0.5, 0.6) is 0 Å². The molecule has 1 fully saturated rings. The molecule has 0 atom stereocenters. The first-order valence-electron chi connectivity index (χ1n) is 7.54. The lowest BCUT2D eigenvalue weighted by molar-refractivity contribution is 0.312. The summed E-state index contributed by atoms with van der Waals surface area (Å²) in [5.74, 6) is 0. The molecule has 1 aromatic carbocycles. The van der Waals surface area contributed by atoms with Crippen molar-refractivity contribution in [2.75, 3.05) is 38.1 Å². The van der Waals surface area contributed by atoms with E-state index >= 15 is 0 Å². The molecule has 3 heterocycles. The summed E-state index contributed by atoms with van der Waals surface area (Å²) in [4.78, 5) is 16.1. The first-order valence-corrected chi connectivity index (χ1v) is 8.35. The average Bonchev–Trinajstić information content (AvgIpc) is 2.75. The highest BCUT2D eigenvalue weighted by Crippen LogP contribution is 2.43. The second-order valence-electron chi connectivity index (χ2n) is 5.69. The van der Waals surface area contributed by atoms with Crippen LogP contribution in [0.4, 0.5) is 11.4 Å². The van der Waals surface area contributed by atoms with E-state index in [1.165, 1.54) is 21.0 Å². The van der Waals surface area contributed by atoms with Crippen LogP contribution in [0.1, 0.15) is 5.56 Å². The van der Waals surface area contributed by atoms with Crippen molar-refractivity contribution < 1.29 is 0 Å². The van der Waals surface area contributed by atoms with Crippen LogP contribution in [0.2, 0.25) is 0 Å². The maximum atomic E-state index is 4.59. The van der Waals surface area contributed by atoms with Crippen LogP contribution in [0.3, 0.4) is 0 Å². The Morgan fingerprint density at radius 3 is 2.82 bits per heavy atom. The Balaban J connectivity index is 1.75. The Hall–Kier alpha value is -1.85. The number of likely N-dealkylation sites (N-methyl/N-ethyl adjacent to an activating group) is 1. The molecule has 1 aromatic heterocycles. The van der Waals surface area contributed by atoms with Crippen LogP contribution in [0, 0.1) is 0 Å². The predicted molar refractivity (Wildman–Crippen MR) is 91.8 cm³/mol. The summed E-state index contributed by atoms with van der Waals surface area (Å²) in [5, 5.41) is 0. The van der Waals surface area contributed by atoms with Crippen LogP contribution in [-0.4, -0.2) is 49.3 Å². The molecule has 22 heavy (non-hydrogen) atoms. The monoisotopic (exact) mass is 310 g/mol. The molecule has 2 aromatic rings. The van der Waals surface area contributed by atoms with Gasteiger partial charge in [0, 0.05) is 53.9 Å². The van der Waals surface area contributed by atoms with Gasteiger partial charge in [-0.15, -0.1) is 0 Å². The van der Waals surface area contributed by atoms with Crippen LogP contribution in [0.15, 0.2) is 51.4 Å². The summed E-state index contributed by atoms with van der Waals surface area (Å²) in [5.41, 5.74) is 3.47. The fourth-order valence-electron chi connectivity index (χ4n) is 2.86. The molecule has 0 amide bonds. The zero-order chi connectivity index (χ0) is 14.9. The summed E-state index contributed by atoms with van der Waals surface area (Å²) in [6, 6.07) is 8.56. The Kier molecular flexibility index (Phi) is 3.60. The Morgan fingerprint density at radius 2 is 1.95 bits per heavy atom. The number of aliphatic imine (C=N–C) groups is 1. The Bertz CT molecular complexity index is 720. The van der Waals surface area contributed by atoms with Gasteiger partial charge in [-0.25, -0.2) is 0 Å². The minimum Gasteiger partial charge on any atom is -0.368 e. The lowest BCUT2D eigenvalue weighted by Gasteiger charge is -2.35. The van der Waals surface area contributed by atoms with Crippen molar-refractivity contribution in [2.45, 2.75) is 9.79 Å². The van der Waals surface area contributed by atoms with Gasteiger partial charge in [-0.2, -0.15) is 0 Å². The molecule has 0 N–H and O–H groups in total. The molecule has 4 rings (SSSR count). The lowest BCUT2D eigenvalue weighted by Crippen LogP contribution is -2.44. The largest absolute Gasteiger partial charge is 0.368 e. The van der Waals surface area contributed by atoms with Crippen LogP contribution in [-0.2, 0) is 0 Å². The third kappa shape index (κ3) is 2.51. The highest BCUT2D eigenvalue weighted by molar-refractivity contribution is 7.99. The average molecular weight is 310 g/mol. The van der Waals surface area contributed by atoms with Crippen LogP contribution < -0.4 is 4.90 Å². The first-order chi connectivity index (χ1) is 10.8. The van der Waals surface area contributed by atoms with Gasteiger partial charge in [-0.05, 0) is 19.2 Å². The highest BCUT2D eigenvalue weighted by atomic mass is 32.2. The van der Waals surface area contributed by atoms with E-state index in [1.807, 2.05) is 24.7 Å². The molecular formula is C17H18N4S. The maximum absolute atomic E-state index is 4.59. The van der Waals surface area contributed by atoms with Gasteiger partial charge < -0.3 is 9.80 Å². The maximum Gasteiger partial charge on any atom is 0.0952 e. The van der Waals surface area contributed by atoms with Crippen molar-refractivity contribution in [3.05, 3.63) is 42.2 Å². The van der Waals surface area contributed by atoms with Gasteiger partial charge in [0.05, 0.1) is 17.6 Å². The number of piperazine rings is 1. The van der Waals surface area contributed by atoms with Crippen molar-refractivity contribution in [3.63, 3.8) is 0 Å². The standard InChI is InChI=1S/C17H18N4S/c1-20-7-9-21(10-8-20)15-4-2-3-13-11-19-14-12-18-6-5-16(14)22-17(13)15/h2-6,11-12H,7-10H2,1H3. The van der Waals surface area contributed by atoms with E-state index in [0.29, 0.717) is 0 Å². The summed E-state index contributed by atoms with van der Waals surface area (Å²) < 4.78 is 0. The van der Waals surface area contributed by atoms with E-state index in [2.05, 4.69) is 45.0 Å². The van der Waals surface area contributed by atoms with Gasteiger partial charge in [0.2, 0.25) is 0 Å². The smallest absolute Gasteiger partial charge is 0.0952 e. The molecule has 5 heteroatoms. The van der Waals surface area contributed by atoms with E-state index in [4.69, 9.17) is 0 Å². The molecule has 2 aliphatic rings. The lowest BCUT2D eigenvalue weighted by atomic mass is 10.1. The SMILES string of the molecule is CN1CCN(c2cccc3c2Sc2ccncc2N=C3)CC1. The molecule has 0 spiro atoms. The molecule has 4 nitrogen and oxygen atoms in total. The van der Waals surface area contributed by atoms with E-state index in [9.17, 15) is 0 Å². The molecule has 0 radical (unpaired) electrons. The molecule has 0 bridgehead atoms. The fourth-order valence-corrected chi connectivity index (χ4v) is 3.96. The van der Waals surface area contributed by atoms with E-state index < -0.39 is 0 Å². The summed E-state index contributed by atoms with van der Waals surface area (Å²) in [7, 11) is 2.19. The number of hydrogen-bond acceptors (Lipinski definition) is 5. The molecule has 1 saturated heterocycles. The number of fused-ring (bicyclic) bond motifs is 2. The van der Waals surface area contributed by atoms with Crippen molar-refractivity contribution in [1.29, 1.82) is 0 Å². The number of benzene rings is 1. The number of anilines is 1. The minimum atomic E-state index is 0.952. The van der Waals surface area contributed by atoms with E-state index in [1.54, 1.807) is 11.8 Å². The van der Waals surface area contributed by atoms with Crippen molar-refractivity contribution in [2.24, 2.45) is 4.99 Å². The van der Waals surface area contributed by atoms with Gasteiger partial charge in [0.15, 0.2) is 0 Å². The van der Waals surface area contributed by atoms with Gasteiger partial charge in [-0.1, -0.05) is 23.9 Å². The Morgan fingerprint density at radius 1 is 1.09 bits per heavy atom. The normalized spacial score (nSPS) is 17.8. The van der Waals surface area contributed by atoms with Gasteiger partial charge in [0.25, 0.3) is 0 Å². The zero-order valence-corrected chi connectivity index (χ0v) is 13.4. The number of aromatic nitrogens is 1. The van der Waals surface area contributed by atoms with Crippen LogP contribution in [0.25, 0.3) is 0 Å². The second-order valence-corrected chi connectivity index (χ2v) is 6.74. The summed E-state index contributed by atoms with van der Waals surface area (Å²) >= 11 is 1.80. The molecule has 0 saturated carbocycles. The molecule has 112 valence electrons. The Labute approximate surface area is 134 Å². The molecule has 2 aliphatic heterocycles. The number of rotatable bonds is 1. The quantitative estimate of drug-likeness (QED) is 0.691. The second kappa shape index (κ2) is 5.74. The number of pyridine rings is 1. The summed E-state index contributed by atoms with van der Waals surface area (Å²) in [6.45, 7) is 4.38. The third-order valence-electron chi connectivity index (χ3n) is 4.18. The van der Waals surface area contributed by atoms with E-state index in [0.717, 1.165) is 31.9 Å². The van der Waals surface area contributed by atoms with Crippen molar-refractivity contribution in [1.82, 2.24) is 9.88 Å². The zero-order valence-electron chi connectivity index (χ0n) is 12.6. The van der Waals surface area contributed by atoms with Gasteiger partial charge in [0.1, 0.15) is 0 Å². The topological polar surface area (TPSA) is 31.7 Å². The molecular weight excluding hydrogens is 292 g/mol. The number of nitrogens with zero attached hydrogens (tertiary/aromatic N) is 4. The molecule has 0 aliphatic carbocycles. The van der Waals surface area contributed by atoms with Gasteiger partial charge in [-0.3, -0.25) is 9.98 Å². The fraction of sp³-hybridized carbons (Fsp3) is 0.294. The van der Waals surface area contributed by atoms with Crippen LogP contribution >= 0.6 is 11.8 Å². The minimum absolute atomic E-state index is 0.952. The number of hydrogen-bond donors (Lipinski definition) is 0. The highest BCUT2D eigenvalue weighted by Gasteiger charge is 2.21. The van der Waals surface area contributed by atoms with E-state index in [-0.39, 0.29) is 0 Å². The van der Waals surface area contributed by atoms with Crippen molar-refractivity contribution in [3.8, 4) is 0 Å². The molecule has 0 unspecified atom stereocenters.